The van der Waals surface area contributed by atoms with Gasteiger partial charge in [-0.15, -0.1) is 6.58 Å². The number of amides is 1. The maximum atomic E-state index is 12.6. The monoisotopic (exact) mass is 547 g/mol. The molecule has 0 atom stereocenters. The van der Waals surface area contributed by atoms with Crippen LogP contribution in [0.5, 0.6) is 11.5 Å². The highest BCUT2D eigenvalue weighted by atomic mass is 79.9. The highest BCUT2D eigenvalue weighted by molar-refractivity contribution is 9.10. The lowest BCUT2D eigenvalue weighted by atomic mass is 10.0. The van der Waals surface area contributed by atoms with E-state index < -0.39 is 18.4 Å². The van der Waals surface area contributed by atoms with Gasteiger partial charge in [-0.2, -0.15) is 0 Å². The molecule has 0 unspecified atom stereocenters. The molecule has 0 aromatic heterocycles. The molecule has 2 aromatic carbocycles. The molecule has 0 radical (unpaired) electrons. The van der Waals surface area contributed by atoms with E-state index in [-0.39, 0.29) is 4.32 Å². The number of rotatable bonds is 10. The predicted molar refractivity (Wildman–Crippen MR) is 138 cm³/mol. The Kier molecular flexibility index (Phi) is 8.71. The number of hydrogen-bond donors (Lipinski definition) is 1. The molecule has 0 saturated carbocycles. The van der Waals surface area contributed by atoms with Crippen molar-refractivity contribution in [3.8, 4) is 11.5 Å². The number of allylic oxidation sites excluding steroid dienone is 1. The number of thiocarbonyl (C=S) groups is 1. The Morgan fingerprint density at radius 1 is 1.27 bits per heavy atom. The van der Waals surface area contributed by atoms with E-state index in [1.165, 1.54) is 0 Å². The van der Waals surface area contributed by atoms with Crippen molar-refractivity contribution in [2.75, 3.05) is 13.2 Å². The fourth-order valence-corrected chi connectivity index (χ4v) is 4.68. The SMILES string of the molecule is C=CCc1cc(/C=C2/SC(=S)N(CC(=O)O)C2=O)cc(OCC)c1OCc1ccc(Br)cc1. The van der Waals surface area contributed by atoms with E-state index >= 15 is 0 Å². The summed E-state index contributed by atoms with van der Waals surface area (Å²) in [5.41, 5.74) is 2.60. The van der Waals surface area contributed by atoms with Gasteiger partial charge < -0.3 is 14.6 Å². The minimum Gasteiger partial charge on any atom is -0.490 e. The smallest absolute Gasteiger partial charge is 0.323 e. The van der Waals surface area contributed by atoms with Gasteiger partial charge in [0.05, 0.1) is 11.5 Å². The van der Waals surface area contributed by atoms with Crippen LogP contribution in [0.1, 0.15) is 23.6 Å². The Bertz CT molecular complexity index is 1110. The van der Waals surface area contributed by atoms with Crippen molar-refractivity contribution in [3.05, 3.63) is 75.1 Å². The van der Waals surface area contributed by atoms with Crippen LogP contribution in [0.4, 0.5) is 0 Å². The number of carbonyl (C=O) groups excluding carboxylic acids is 1. The largest absolute Gasteiger partial charge is 0.490 e. The van der Waals surface area contributed by atoms with Crippen molar-refractivity contribution in [1.82, 2.24) is 4.90 Å². The van der Waals surface area contributed by atoms with E-state index in [9.17, 15) is 9.59 Å². The Morgan fingerprint density at radius 3 is 2.64 bits per heavy atom. The summed E-state index contributed by atoms with van der Waals surface area (Å²) in [4.78, 5) is 25.1. The molecule has 1 aliphatic heterocycles. The fourth-order valence-electron chi connectivity index (χ4n) is 3.16. The quantitative estimate of drug-likeness (QED) is 0.241. The number of benzene rings is 2. The van der Waals surface area contributed by atoms with E-state index in [0.29, 0.717) is 36.0 Å². The Hall–Kier alpha value is -2.62. The zero-order chi connectivity index (χ0) is 24.0. The van der Waals surface area contributed by atoms with Crippen molar-refractivity contribution in [3.63, 3.8) is 0 Å². The summed E-state index contributed by atoms with van der Waals surface area (Å²) < 4.78 is 13.2. The topological polar surface area (TPSA) is 76.1 Å². The minimum absolute atomic E-state index is 0.222. The summed E-state index contributed by atoms with van der Waals surface area (Å²) in [7, 11) is 0. The Labute approximate surface area is 210 Å². The second-order valence-electron chi connectivity index (χ2n) is 7.01. The summed E-state index contributed by atoms with van der Waals surface area (Å²) in [6.07, 6.45) is 4.00. The zero-order valence-corrected chi connectivity index (χ0v) is 21.1. The van der Waals surface area contributed by atoms with Crippen LogP contribution in [-0.4, -0.2) is 39.4 Å². The first-order chi connectivity index (χ1) is 15.8. The number of carbonyl (C=O) groups is 2. The van der Waals surface area contributed by atoms with Crippen LogP contribution in [-0.2, 0) is 22.6 Å². The van der Waals surface area contributed by atoms with Crippen LogP contribution in [0.25, 0.3) is 6.08 Å². The normalized spacial score (nSPS) is 14.6. The van der Waals surface area contributed by atoms with Gasteiger partial charge in [0.25, 0.3) is 5.91 Å². The van der Waals surface area contributed by atoms with Gasteiger partial charge in [-0.05, 0) is 54.8 Å². The highest BCUT2D eigenvalue weighted by Gasteiger charge is 2.33. The first-order valence-electron chi connectivity index (χ1n) is 10.1. The number of carboxylic acid groups (broad SMARTS) is 1. The average Bonchev–Trinajstić information content (AvgIpc) is 3.02. The van der Waals surface area contributed by atoms with E-state index in [0.717, 1.165) is 37.8 Å². The minimum atomic E-state index is -1.12. The van der Waals surface area contributed by atoms with Crippen LogP contribution >= 0.6 is 39.9 Å². The summed E-state index contributed by atoms with van der Waals surface area (Å²) in [5.74, 6) is -0.366. The van der Waals surface area contributed by atoms with E-state index in [1.807, 2.05) is 37.3 Å². The van der Waals surface area contributed by atoms with E-state index in [2.05, 4.69) is 22.5 Å². The summed E-state index contributed by atoms with van der Waals surface area (Å²) in [5, 5.41) is 9.03. The maximum Gasteiger partial charge on any atom is 0.323 e. The van der Waals surface area contributed by atoms with Gasteiger partial charge in [0, 0.05) is 10.0 Å². The molecular weight excluding hydrogens is 526 g/mol. The van der Waals surface area contributed by atoms with Gasteiger partial charge in [-0.3, -0.25) is 14.5 Å². The number of aliphatic carboxylic acids is 1. The van der Waals surface area contributed by atoms with E-state index in [1.54, 1.807) is 18.2 Å². The standard InChI is InChI=1S/C24H22BrNO5S2/c1-3-5-17-10-16(12-20-23(29)26(13-21(27)28)24(32)33-20)11-19(30-4-2)22(17)31-14-15-6-8-18(25)9-7-15/h3,6-12H,1,4-5,13-14H2,2H3,(H,27,28)/b20-12+. The molecule has 0 spiro atoms. The summed E-state index contributed by atoms with van der Waals surface area (Å²) in [6, 6.07) is 11.6. The summed E-state index contributed by atoms with van der Waals surface area (Å²) >= 11 is 9.69. The summed E-state index contributed by atoms with van der Waals surface area (Å²) in [6.45, 7) is 6.06. The number of halogens is 1. The van der Waals surface area contributed by atoms with Gasteiger partial charge >= 0.3 is 5.97 Å². The molecule has 6 nitrogen and oxygen atoms in total. The number of hydrogen-bond acceptors (Lipinski definition) is 6. The molecule has 1 saturated heterocycles. The molecule has 3 rings (SSSR count). The third-order valence-electron chi connectivity index (χ3n) is 4.58. The number of nitrogens with zero attached hydrogens (tertiary/aromatic N) is 1. The molecule has 1 aliphatic rings. The third-order valence-corrected chi connectivity index (χ3v) is 6.49. The molecular formula is C24H22BrNO5S2. The highest BCUT2D eigenvalue weighted by Crippen LogP contribution is 2.38. The molecule has 33 heavy (non-hydrogen) atoms. The lowest BCUT2D eigenvalue weighted by molar-refractivity contribution is -0.140. The predicted octanol–water partition coefficient (Wildman–Crippen LogP) is 5.44. The van der Waals surface area contributed by atoms with Crippen molar-refractivity contribution >= 4 is 62.2 Å². The van der Waals surface area contributed by atoms with Crippen LogP contribution in [0.3, 0.4) is 0 Å². The number of thioether (sulfide) groups is 1. The van der Waals surface area contributed by atoms with Gasteiger partial charge in [-0.25, -0.2) is 0 Å². The zero-order valence-electron chi connectivity index (χ0n) is 17.9. The third kappa shape index (κ3) is 6.46. The first kappa shape index (κ1) is 25.0. The molecule has 0 bridgehead atoms. The number of carboxylic acids is 1. The molecule has 1 heterocycles. The number of ether oxygens (including phenoxy) is 2. The van der Waals surface area contributed by atoms with Crippen LogP contribution in [0.2, 0.25) is 0 Å². The first-order valence-corrected chi connectivity index (χ1v) is 12.1. The second kappa shape index (κ2) is 11.5. The average molecular weight is 548 g/mol. The molecule has 1 N–H and O–H groups in total. The Balaban J connectivity index is 1.93. The van der Waals surface area contributed by atoms with Crippen LogP contribution in [0.15, 0.2) is 58.4 Å². The molecule has 1 fully saturated rings. The molecule has 0 aliphatic carbocycles. The van der Waals surface area contributed by atoms with Crippen molar-refractivity contribution in [1.29, 1.82) is 0 Å². The maximum absolute atomic E-state index is 12.6. The lowest BCUT2D eigenvalue weighted by Crippen LogP contribution is -2.33. The fraction of sp³-hybridized carbons (Fsp3) is 0.208. The molecule has 9 heteroatoms. The molecule has 2 aromatic rings. The lowest BCUT2D eigenvalue weighted by Gasteiger charge is -2.17. The molecule has 1 amide bonds. The molecule has 172 valence electrons. The second-order valence-corrected chi connectivity index (χ2v) is 9.60. The van der Waals surface area contributed by atoms with Gasteiger partial charge in [-0.1, -0.05) is 58.1 Å². The van der Waals surface area contributed by atoms with Crippen molar-refractivity contribution < 1.29 is 24.2 Å². The van der Waals surface area contributed by atoms with Gasteiger partial charge in [0.15, 0.2) is 11.5 Å². The van der Waals surface area contributed by atoms with Crippen molar-refractivity contribution in [2.24, 2.45) is 0 Å². The van der Waals surface area contributed by atoms with E-state index in [4.69, 9.17) is 26.8 Å². The van der Waals surface area contributed by atoms with Crippen LogP contribution < -0.4 is 9.47 Å². The van der Waals surface area contributed by atoms with Gasteiger partial charge in [0.1, 0.15) is 17.5 Å². The van der Waals surface area contributed by atoms with Gasteiger partial charge in [0.2, 0.25) is 0 Å². The van der Waals surface area contributed by atoms with Crippen molar-refractivity contribution in [2.45, 2.75) is 20.0 Å². The Morgan fingerprint density at radius 2 is 2.00 bits per heavy atom. The van der Waals surface area contributed by atoms with Crippen LogP contribution in [0, 0.1) is 0 Å².